The summed E-state index contributed by atoms with van der Waals surface area (Å²) in [5.74, 6) is 0.243. The van der Waals surface area contributed by atoms with Crippen LogP contribution < -0.4 is 5.73 Å². The second-order valence-electron chi connectivity index (χ2n) is 4.35. The van der Waals surface area contributed by atoms with E-state index in [2.05, 4.69) is 13.8 Å². The van der Waals surface area contributed by atoms with Crippen LogP contribution in [-0.2, 0) is 9.47 Å². The first-order valence-electron chi connectivity index (χ1n) is 5.68. The molecule has 0 spiro atoms. The van der Waals surface area contributed by atoms with Gasteiger partial charge in [-0.15, -0.1) is 0 Å². The molecule has 0 saturated carbocycles. The van der Waals surface area contributed by atoms with E-state index in [9.17, 15) is 0 Å². The van der Waals surface area contributed by atoms with Crippen molar-refractivity contribution in [2.45, 2.75) is 57.8 Å². The van der Waals surface area contributed by atoms with Crippen LogP contribution in [0.15, 0.2) is 0 Å². The smallest absolute Gasteiger partial charge is 0.0906 e. The van der Waals surface area contributed by atoms with Crippen molar-refractivity contribution in [2.24, 2.45) is 5.73 Å². The van der Waals surface area contributed by atoms with E-state index in [0.29, 0.717) is 31.3 Å². The van der Waals surface area contributed by atoms with Crippen LogP contribution in [0.4, 0.5) is 0 Å². The van der Waals surface area contributed by atoms with Gasteiger partial charge < -0.3 is 15.2 Å². The second kappa shape index (κ2) is 6.08. The fraction of sp³-hybridized carbons (Fsp3) is 0.909. The van der Waals surface area contributed by atoms with Crippen molar-refractivity contribution in [2.75, 3.05) is 6.61 Å². The van der Waals surface area contributed by atoms with Gasteiger partial charge in [0, 0.05) is 13.0 Å². The van der Waals surface area contributed by atoms with Gasteiger partial charge in [0.2, 0.25) is 0 Å². The summed E-state index contributed by atoms with van der Waals surface area (Å²) in [5, 5.41) is 7.08. The number of amidine groups is 1. The Hall–Kier alpha value is -0.610. The van der Waals surface area contributed by atoms with Gasteiger partial charge in [-0.3, -0.25) is 5.41 Å². The Morgan fingerprint density at radius 1 is 1.40 bits per heavy atom. The number of ether oxygens (including phenoxy) is 2. The third kappa shape index (κ3) is 5.14. The molecule has 0 aromatic heterocycles. The third-order valence-electron chi connectivity index (χ3n) is 2.60. The number of nitrogens with one attached hydrogen (secondary N) is 1. The SMILES string of the molecule is CC1CC(OCCCC(=N)N)CC(C)O1. The lowest BCUT2D eigenvalue weighted by Gasteiger charge is -2.32. The van der Waals surface area contributed by atoms with Gasteiger partial charge in [-0.05, 0) is 33.1 Å². The van der Waals surface area contributed by atoms with Crippen molar-refractivity contribution in [3.05, 3.63) is 0 Å². The lowest BCUT2D eigenvalue weighted by Crippen LogP contribution is -2.34. The van der Waals surface area contributed by atoms with E-state index in [1.54, 1.807) is 0 Å². The minimum Gasteiger partial charge on any atom is -0.388 e. The Morgan fingerprint density at radius 2 is 2.00 bits per heavy atom. The molecule has 88 valence electrons. The van der Waals surface area contributed by atoms with Gasteiger partial charge in [-0.1, -0.05) is 0 Å². The van der Waals surface area contributed by atoms with Crippen molar-refractivity contribution in [1.82, 2.24) is 0 Å². The van der Waals surface area contributed by atoms with Crippen LogP contribution in [0.1, 0.15) is 39.5 Å². The van der Waals surface area contributed by atoms with Crippen molar-refractivity contribution in [1.29, 1.82) is 5.41 Å². The van der Waals surface area contributed by atoms with Gasteiger partial charge in [0.25, 0.3) is 0 Å². The molecule has 1 aliphatic heterocycles. The summed E-state index contributed by atoms with van der Waals surface area (Å²) < 4.78 is 11.4. The molecule has 0 aliphatic carbocycles. The van der Waals surface area contributed by atoms with E-state index < -0.39 is 0 Å². The van der Waals surface area contributed by atoms with Crippen LogP contribution >= 0.6 is 0 Å². The topological polar surface area (TPSA) is 68.3 Å². The van der Waals surface area contributed by atoms with Gasteiger partial charge >= 0.3 is 0 Å². The monoisotopic (exact) mass is 214 g/mol. The molecule has 0 aromatic carbocycles. The highest BCUT2D eigenvalue weighted by atomic mass is 16.5. The predicted molar refractivity (Wildman–Crippen MR) is 60.1 cm³/mol. The average Bonchev–Trinajstić information content (AvgIpc) is 2.10. The number of hydrogen-bond donors (Lipinski definition) is 2. The standard InChI is InChI=1S/C11H22N2O2/c1-8-6-10(7-9(2)15-8)14-5-3-4-11(12)13/h8-10H,3-7H2,1-2H3,(H3,12,13). The molecule has 1 aliphatic rings. The van der Waals surface area contributed by atoms with Crippen LogP contribution in [0.3, 0.4) is 0 Å². The Morgan fingerprint density at radius 3 is 2.53 bits per heavy atom. The zero-order valence-electron chi connectivity index (χ0n) is 9.66. The number of rotatable bonds is 5. The summed E-state index contributed by atoms with van der Waals surface area (Å²) in [5.41, 5.74) is 5.26. The van der Waals surface area contributed by atoms with Gasteiger partial charge in [0.15, 0.2) is 0 Å². The Kier molecular flexibility index (Phi) is 5.05. The molecule has 1 heterocycles. The van der Waals surface area contributed by atoms with E-state index in [1.807, 2.05) is 0 Å². The third-order valence-corrected chi connectivity index (χ3v) is 2.60. The maximum absolute atomic E-state index is 7.08. The summed E-state index contributed by atoms with van der Waals surface area (Å²) in [4.78, 5) is 0. The average molecular weight is 214 g/mol. The fourth-order valence-corrected chi connectivity index (χ4v) is 1.99. The second-order valence-corrected chi connectivity index (χ2v) is 4.35. The number of hydrogen-bond acceptors (Lipinski definition) is 3. The van der Waals surface area contributed by atoms with E-state index >= 15 is 0 Å². The summed E-state index contributed by atoms with van der Waals surface area (Å²) in [7, 11) is 0. The molecule has 3 N–H and O–H groups in total. The highest BCUT2D eigenvalue weighted by Gasteiger charge is 2.24. The van der Waals surface area contributed by atoms with Crippen LogP contribution in [0.5, 0.6) is 0 Å². The predicted octanol–water partition coefficient (Wildman–Crippen LogP) is 1.68. The lowest BCUT2D eigenvalue weighted by atomic mass is 10.0. The minimum atomic E-state index is 0.243. The van der Waals surface area contributed by atoms with Gasteiger partial charge in [0.05, 0.1) is 24.1 Å². The van der Waals surface area contributed by atoms with Crippen LogP contribution in [0.2, 0.25) is 0 Å². The van der Waals surface area contributed by atoms with Crippen LogP contribution in [-0.4, -0.2) is 30.8 Å². The zero-order chi connectivity index (χ0) is 11.3. The first-order chi connectivity index (χ1) is 7.08. The lowest BCUT2D eigenvalue weighted by molar-refractivity contribution is -0.102. The van der Waals surface area contributed by atoms with Crippen LogP contribution in [0, 0.1) is 5.41 Å². The molecule has 2 atom stereocenters. The van der Waals surface area contributed by atoms with Crippen molar-refractivity contribution in [3.63, 3.8) is 0 Å². The van der Waals surface area contributed by atoms with Gasteiger partial charge in [-0.2, -0.15) is 0 Å². The molecule has 0 radical (unpaired) electrons. The first-order valence-corrected chi connectivity index (χ1v) is 5.68. The summed E-state index contributed by atoms with van der Waals surface area (Å²) in [6, 6.07) is 0. The molecule has 2 unspecified atom stereocenters. The van der Waals surface area contributed by atoms with E-state index in [1.165, 1.54) is 0 Å². The number of nitrogens with two attached hydrogens (primary N) is 1. The van der Waals surface area contributed by atoms with Crippen LogP contribution in [0.25, 0.3) is 0 Å². The van der Waals surface area contributed by atoms with Crippen molar-refractivity contribution in [3.8, 4) is 0 Å². The molecule has 1 fully saturated rings. The maximum atomic E-state index is 7.08. The highest BCUT2D eigenvalue weighted by molar-refractivity contribution is 5.76. The molecule has 0 aromatic rings. The van der Waals surface area contributed by atoms with E-state index in [4.69, 9.17) is 20.6 Å². The molecule has 4 heteroatoms. The quantitative estimate of drug-likeness (QED) is 0.415. The van der Waals surface area contributed by atoms with Gasteiger partial charge in [-0.25, -0.2) is 0 Å². The molecule has 0 amide bonds. The highest BCUT2D eigenvalue weighted by Crippen LogP contribution is 2.21. The van der Waals surface area contributed by atoms with E-state index in [0.717, 1.165) is 19.3 Å². The molecule has 4 nitrogen and oxygen atoms in total. The summed E-state index contributed by atoms with van der Waals surface area (Å²) in [6.45, 7) is 4.87. The molecule has 1 saturated heterocycles. The Labute approximate surface area is 91.6 Å². The van der Waals surface area contributed by atoms with Crippen molar-refractivity contribution >= 4 is 5.84 Å². The van der Waals surface area contributed by atoms with Crippen molar-refractivity contribution < 1.29 is 9.47 Å². The zero-order valence-corrected chi connectivity index (χ0v) is 9.66. The van der Waals surface area contributed by atoms with Gasteiger partial charge in [0.1, 0.15) is 0 Å². The Bertz CT molecular complexity index is 199. The first kappa shape index (κ1) is 12.5. The molecular weight excluding hydrogens is 192 g/mol. The minimum absolute atomic E-state index is 0.243. The molecule has 1 rings (SSSR count). The normalized spacial score (nSPS) is 31.5. The molecular formula is C11H22N2O2. The molecule has 15 heavy (non-hydrogen) atoms. The summed E-state index contributed by atoms with van der Waals surface area (Å²) >= 11 is 0. The molecule has 0 bridgehead atoms. The Balaban J connectivity index is 2.12. The summed E-state index contributed by atoms with van der Waals surface area (Å²) in [6.07, 6.45) is 4.34. The maximum Gasteiger partial charge on any atom is 0.0906 e. The van der Waals surface area contributed by atoms with E-state index in [-0.39, 0.29) is 5.84 Å². The fourth-order valence-electron chi connectivity index (χ4n) is 1.99. The largest absolute Gasteiger partial charge is 0.388 e.